The van der Waals surface area contributed by atoms with Crippen LogP contribution in [0.15, 0.2) is 59.6 Å². The second-order valence-corrected chi connectivity index (χ2v) is 8.43. The van der Waals surface area contributed by atoms with Crippen molar-refractivity contribution in [3.8, 4) is 0 Å². The maximum Gasteiger partial charge on any atom is 0.249 e. The van der Waals surface area contributed by atoms with Crippen LogP contribution in [-0.4, -0.2) is 54.1 Å². The summed E-state index contributed by atoms with van der Waals surface area (Å²) in [7, 11) is -4.27. The topological polar surface area (TPSA) is 91.3 Å². The van der Waals surface area contributed by atoms with E-state index in [0.717, 1.165) is 22.5 Å². The van der Waals surface area contributed by atoms with Gasteiger partial charge in [0, 0.05) is 32.4 Å². The second-order valence-electron chi connectivity index (χ2n) is 6.56. The fourth-order valence-electron chi connectivity index (χ4n) is 3.14. The van der Waals surface area contributed by atoms with Crippen molar-refractivity contribution >= 4 is 27.5 Å². The molecule has 11 heteroatoms. The summed E-state index contributed by atoms with van der Waals surface area (Å²) in [5, 5.41) is 11.3. The van der Waals surface area contributed by atoms with Crippen molar-refractivity contribution in [1.29, 1.82) is 0 Å². The number of hydrogen-bond donors (Lipinski definition) is 1. The van der Waals surface area contributed by atoms with Gasteiger partial charge in [-0.3, -0.25) is 0 Å². The van der Waals surface area contributed by atoms with Gasteiger partial charge in [0.1, 0.15) is 17.5 Å². The van der Waals surface area contributed by atoms with Gasteiger partial charge in [0.05, 0.1) is 0 Å². The number of aromatic nitrogens is 3. The number of benzene rings is 1. The summed E-state index contributed by atoms with van der Waals surface area (Å²) in [6, 6.07) is 12.0. The number of piperazine rings is 1. The zero-order chi connectivity index (χ0) is 21.1. The maximum absolute atomic E-state index is 14.0. The molecule has 0 aliphatic carbocycles. The number of sulfonamides is 1. The zero-order valence-corrected chi connectivity index (χ0v) is 16.6. The molecular formula is C19H18F2N6O2S. The molecule has 0 saturated carbocycles. The lowest BCUT2D eigenvalue weighted by atomic mass is 10.3. The quantitative estimate of drug-likeness (QED) is 0.662. The SMILES string of the molecule is O=S(=O)(c1c(F)cccc1F)N1CCN(c2ccc(Nc3ccccn3)nn2)CC1. The molecule has 4 rings (SSSR count). The van der Waals surface area contributed by atoms with Gasteiger partial charge >= 0.3 is 0 Å². The minimum Gasteiger partial charge on any atom is -0.352 e. The van der Waals surface area contributed by atoms with E-state index in [9.17, 15) is 17.2 Å². The predicted molar refractivity (Wildman–Crippen MR) is 107 cm³/mol. The highest BCUT2D eigenvalue weighted by atomic mass is 32.2. The summed E-state index contributed by atoms with van der Waals surface area (Å²) in [4.78, 5) is 5.10. The summed E-state index contributed by atoms with van der Waals surface area (Å²) in [6.07, 6.45) is 1.66. The van der Waals surface area contributed by atoms with E-state index in [0.29, 0.717) is 30.5 Å². The minimum absolute atomic E-state index is 0.0751. The first-order valence-corrected chi connectivity index (χ1v) is 10.6. The lowest BCUT2D eigenvalue weighted by Gasteiger charge is -2.34. The Morgan fingerprint density at radius 1 is 0.833 bits per heavy atom. The Morgan fingerprint density at radius 3 is 2.17 bits per heavy atom. The third-order valence-corrected chi connectivity index (χ3v) is 6.60. The molecule has 1 aromatic carbocycles. The largest absolute Gasteiger partial charge is 0.352 e. The average Bonchev–Trinajstić information content (AvgIpc) is 2.75. The maximum atomic E-state index is 14.0. The van der Waals surface area contributed by atoms with Gasteiger partial charge in [0.25, 0.3) is 0 Å². The Hall–Kier alpha value is -3.18. The molecule has 156 valence electrons. The minimum atomic E-state index is -4.27. The lowest BCUT2D eigenvalue weighted by Crippen LogP contribution is -2.49. The molecule has 1 aliphatic rings. The molecule has 1 fully saturated rings. The van der Waals surface area contributed by atoms with Crippen LogP contribution in [0.1, 0.15) is 0 Å². The van der Waals surface area contributed by atoms with E-state index >= 15 is 0 Å². The van der Waals surface area contributed by atoms with Crippen molar-refractivity contribution in [2.75, 3.05) is 36.4 Å². The highest BCUT2D eigenvalue weighted by Crippen LogP contribution is 2.24. The highest BCUT2D eigenvalue weighted by molar-refractivity contribution is 7.89. The third-order valence-electron chi connectivity index (χ3n) is 4.65. The van der Waals surface area contributed by atoms with Gasteiger partial charge in [-0.25, -0.2) is 22.2 Å². The summed E-state index contributed by atoms with van der Waals surface area (Å²) in [5.41, 5.74) is 0. The van der Waals surface area contributed by atoms with E-state index in [1.165, 1.54) is 0 Å². The standard InChI is InChI=1S/C19H18F2N6O2S/c20-14-4-3-5-15(21)19(14)30(28,29)27-12-10-26(11-13-27)18-8-7-17(24-25-18)23-16-6-1-2-9-22-16/h1-9H,10-13H2,(H,22,23,24). The number of halogens is 2. The molecule has 1 N–H and O–H groups in total. The van der Waals surface area contributed by atoms with E-state index in [4.69, 9.17) is 0 Å². The van der Waals surface area contributed by atoms with Crippen LogP contribution in [0.2, 0.25) is 0 Å². The predicted octanol–water partition coefficient (Wildman–Crippen LogP) is 2.40. The van der Waals surface area contributed by atoms with Crippen LogP contribution in [0.3, 0.4) is 0 Å². The molecule has 1 aliphatic heterocycles. The molecule has 0 spiro atoms. The molecule has 1 saturated heterocycles. The number of nitrogens with one attached hydrogen (secondary N) is 1. The Bertz CT molecular complexity index is 1100. The van der Waals surface area contributed by atoms with Gasteiger partial charge in [-0.1, -0.05) is 12.1 Å². The molecule has 3 heterocycles. The number of nitrogens with zero attached hydrogens (tertiary/aromatic N) is 5. The van der Waals surface area contributed by atoms with Gasteiger partial charge in [0.15, 0.2) is 16.5 Å². The Kier molecular flexibility index (Phi) is 5.55. The van der Waals surface area contributed by atoms with Gasteiger partial charge < -0.3 is 10.2 Å². The number of rotatable bonds is 5. The fourth-order valence-corrected chi connectivity index (χ4v) is 4.68. The van der Waals surface area contributed by atoms with Crippen LogP contribution in [-0.2, 0) is 10.0 Å². The van der Waals surface area contributed by atoms with Gasteiger partial charge in [-0.15, -0.1) is 10.2 Å². The Labute approximate surface area is 172 Å². The molecule has 0 atom stereocenters. The van der Waals surface area contributed by atoms with Crippen molar-refractivity contribution in [2.24, 2.45) is 0 Å². The Morgan fingerprint density at radius 2 is 1.57 bits per heavy atom. The molecule has 3 aromatic rings. The van der Waals surface area contributed by atoms with Crippen LogP contribution in [0.25, 0.3) is 0 Å². The van der Waals surface area contributed by atoms with Crippen LogP contribution < -0.4 is 10.2 Å². The van der Waals surface area contributed by atoms with E-state index < -0.39 is 26.6 Å². The first-order chi connectivity index (χ1) is 14.4. The van der Waals surface area contributed by atoms with E-state index in [-0.39, 0.29) is 13.1 Å². The Balaban J connectivity index is 1.42. The molecule has 30 heavy (non-hydrogen) atoms. The monoisotopic (exact) mass is 432 g/mol. The first kappa shape index (κ1) is 20.1. The molecule has 2 aromatic heterocycles. The highest BCUT2D eigenvalue weighted by Gasteiger charge is 2.33. The molecule has 0 bridgehead atoms. The number of pyridine rings is 1. The average molecular weight is 432 g/mol. The first-order valence-electron chi connectivity index (χ1n) is 9.16. The van der Waals surface area contributed by atoms with Crippen LogP contribution in [0, 0.1) is 11.6 Å². The van der Waals surface area contributed by atoms with Gasteiger partial charge in [-0.2, -0.15) is 4.31 Å². The zero-order valence-electron chi connectivity index (χ0n) is 15.7. The van der Waals surface area contributed by atoms with Gasteiger partial charge in [0.2, 0.25) is 10.0 Å². The van der Waals surface area contributed by atoms with E-state index in [2.05, 4.69) is 20.5 Å². The van der Waals surface area contributed by atoms with E-state index in [1.807, 2.05) is 11.0 Å². The van der Waals surface area contributed by atoms with Crippen molar-refractivity contribution in [3.63, 3.8) is 0 Å². The van der Waals surface area contributed by atoms with E-state index in [1.54, 1.807) is 30.5 Å². The smallest absolute Gasteiger partial charge is 0.249 e. The van der Waals surface area contributed by atoms with Gasteiger partial charge in [-0.05, 0) is 36.4 Å². The van der Waals surface area contributed by atoms with Crippen molar-refractivity contribution < 1.29 is 17.2 Å². The number of hydrogen-bond acceptors (Lipinski definition) is 7. The molecule has 0 amide bonds. The summed E-state index contributed by atoms with van der Waals surface area (Å²) in [5.74, 6) is -0.457. The lowest BCUT2D eigenvalue weighted by molar-refractivity contribution is 0.377. The van der Waals surface area contributed by atoms with Crippen molar-refractivity contribution in [2.45, 2.75) is 4.90 Å². The molecule has 0 unspecified atom stereocenters. The molecule has 0 radical (unpaired) electrons. The van der Waals surface area contributed by atoms with Crippen molar-refractivity contribution in [1.82, 2.24) is 19.5 Å². The number of anilines is 3. The second kappa shape index (κ2) is 8.28. The summed E-state index contributed by atoms with van der Waals surface area (Å²) in [6.45, 7) is 0.783. The molecular weight excluding hydrogens is 414 g/mol. The summed E-state index contributed by atoms with van der Waals surface area (Å²) >= 11 is 0. The normalized spacial score (nSPS) is 15.2. The summed E-state index contributed by atoms with van der Waals surface area (Å²) < 4.78 is 54.3. The van der Waals surface area contributed by atoms with Crippen molar-refractivity contribution in [3.05, 3.63) is 66.4 Å². The third kappa shape index (κ3) is 4.07. The fraction of sp³-hybridized carbons (Fsp3) is 0.211. The van der Waals surface area contributed by atoms with Crippen LogP contribution in [0.4, 0.5) is 26.2 Å². The van der Waals surface area contributed by atoms with Crippen LogP contribution in [0.5, 0.6) is 0 Å². The molecule has 8 nitrogen and oxygen atoms in total. The van der Waals surface area contributed by atoms with Crippen LogP contribution >= 0.6 is 0 Å².